The van der Waals surface area contributed by atoms with Crippen LogP contribution in [0.15, 0.2) is 42.5 Å². The van der Waals surface area contributed by atoms with E-state index in [0.29, 0.717) is 31.2 Å². The van der Waals surface area contributed by atoms with Gasteiger partial charge in [-0.05, 0) is 36.4 Å². The van der Waals surface area contributed by atoms with E-state index in [-0.39, 0.29) is 11.5 Å². The summed E-state index contributed by atoms with van der Waals surface area (Å²) >= 11 is 7.55. The molecule has 2 aromatic carbocycles. The Bertz CT molecular complexity index is 1030. The molecule has 1 aliphatic heterocycles. The third kappa shape index (κ3) is 3.79. The Morgan fingerprint density at radius 2 is 1.82 bits per heavy atom. The Hall–Kier alpha value is -2.32. The lowest BCUT2D eigenvalue weighted by atomic mass is 10.1. The number of piperazine rings is 1. The molecule has 2 heterocycles. The summed E-state index contributed by atoms with van der Waals surface area (Å²) in [5, 5.41) is 1.50. The van der Waals surface area contributed by atoms with Crippen LogP contribution >= 0.6 is 22.9 Å². The number of carbonyl (C=O) groups excluding carboxylic acids is 1. The van der Waals surface area contributed by atoms with Gasteiger partial charge >= 0.3 is 6.18 Å². The number of nitrogens with zero attached hydrogens (tertiary/aromatic N) is 3. The van der Waals surface area contributed by atoms with E-state index in [4.69, 9.17) is 11.6 Å². The Labute approximate surface area is 168 Å². The zero-order valence-corrected chi connectivity index (χ0v) is 16.1. The largest absolute Gasteiger partial charge is 0.416 e. The van der Waals surface area contributed by atoms with E-state index < -0.39 is 11.7 Å². The van der Waals surface area contributed by atoms with Crippen molar-refractivity contribution in [2.45, 2.75) is 6.18 Å². The average Bonchev–Trinajstić information content (AvgIpc) is 3.10. The zero-order chi connectivity index (χ0) is 19.9. The molecule has 0 spiro atoms. The van der Waals surface area contributed by atoms with Crippen LogP contribution in [0.2, 0.25) is 5.02 Å². The molecule has 4 rings (SSSR count). The minimum atomic E-state index is -4.47. The number of fused-ring (bicyclic) bond motifs is 1. The summed E-state index contributed by atoms with van der Waals surface area (Å²) < 4.78 is 39.6. The number of amides is 1. The standard InChI is InChI=1S/C19H15ClF3N3OS/c20-14-4-5-15-16(11-14)28-18(24-15)26-8-6-25(7-9-26)17(27)12-2-1-3-13(10-12)19(21,22)23/h1-5,10-11H,6-9H2. The fourth-order valence-corrected chi connectivity index (χ4v) is 4.43. The van der Waals surface area contributed by atoms with E-state index in [1.807, 2.05) is 12.1 Å². The number of rotatable bonds is 2. The van der Waals surface area contributed by atoms with Gasteiger partial charge in [0.1, 0.15) is 0 Å². The van der Waals surface area contributed by atoms with Crippen LogP contribution in [0.1, 0.15) is 15.9 Å². The number of benzene rings is 2. The molecular weight excluding hydrogens is 411 g/mol. The average molecular weight is 426 g/mol. The fourth-order valence-electron chi connectivity index (χ4n) is 3.13. The topological polar surface area (TPSA) is 36.4 Å². The Balaban J connectivity index is 1.45. The number of anilines is 1. The molecule has 0 bridgehead atoms. The van der Waals surface area contributed by atoms with Crippen molar-refractivity contribution in [3.05, 3.63) is 58.6 Å². The van der Waals surface area contributed by atoms with Crippen molar-refractivity contribution in [2.24, 2.45) is 0 Å². The molecule has 1 saturated heterocycles. The van der Waals surface area contributed by atoms with Crippen LogP contribution in [0.4, 0.5) is 18.3 Å². The number of hydrogen-bond acceptors (Lipinski definition) is 4. The summed E-state index contributed by atoms with van der Waals surface area (Å²) in [6.07, 6.45) is -4.47. The molecule has 0 atom stereocenters. The molecule has 0 saturated carbocycles. The highest BCUT2D eigenvalue weighted by Gasteiger charge is 2.32. The molecule has 0 radical (unpaired) electrons. The van der Waals surface area contributed by atoms with Gasteiger partial charge in [0.05, 0.1) is 15.8 Å². The van der Waals surface area contributed by atoms with E-state index in [1.165, 1.54) is 23.5 Å². The molecule has 1 fully saturated rings. The van der Waals surface area contributed by atoms with Gasteiger partial charge in [-0.15, -0.1) is 0 Å². The van der Waals surface area contributed by atoms with Crippen LogP contribution in [0.5, 0.6) is 0 Å². The third-order valence-corrected chi connectivity index (χ3v) is 5.93. The van der Waals surface area contributed by atoms with Crippen molar-refractivity contribution in [1.29, 1.82) is 0 Å². The maximum absolute atomic E-state index is 12.9. The molecule has 28 heavy (non-hydrogen) atoms. The Morgan fingerprint density at radius 1 is 1.07 bits per heavy atom. The first-order valence-electron chi connectivity index (χ1n) is 8.59. The second-order valence-electron chi connectivity index (χ2n) is 6.47. The normalized spacial score (nSPS) is 15.3. The van der Waals surface area contributed by atoms with Gasteiger partial charge in [-0.1, -0.05) is 29.0 Å². The third-order valence-electron chi connectivity index (χ3n) is 4.61. The lowest BCUT2D eigenvalue weighted by Gasteiger charge is -2.34. The summed E-state index contributed by atoms with van der Waals surface area (Å²) in [4.78, 5) is 20.9. The van der Waals surface area contributed by atoms with Gasteiger partial charge in [0.2, 0.25) is 0 Å². The SMILES string of the molecule is O=C(c1cccc(C(F)(F)F)c1)N1CCN(c2nc3ccc(Cl)cc3s2)CC1. The van der Waals surface area contributed by atoms with E-state index >= 15 is 0 Å². The molecular formula is C19H15ClF3N3OS. The van der Waals surface area contributed by atoms with Crippen LogP contribution in [0.25, 0.3) is 10.2 Å². The van der Waals surface area contributed by atoms with Crippen molar-refractivity contribution in [2.75, 3.05) is 31.1 Å². The second-order valence-corrected chi connectivity index (χ2v) is 7.91. The van der Waals surface area contributed by atoms with Crippen molar-refractivity contribution < 1.29 is 18.0 Å². The smallest absolute Gasteiger partial charge is 0.345 e. The summed E-state index contributed by atoms with van der Waals surface area (Å²) in [6, 6.07) is 10.1. The van der Waals surface area contributed by atoms with Gasteiger partial charge in [0, 0.05) is 36.8 Å². The summed E-state index contributed by atoms with van der Waals surface area (Å²) in [5.41, 5.74) is 0.106. The van der Waals surface area contributed by atoms with Gasteiger partial charge in [0.25, 0.3) is 5.91 Å². The van der Waals surface area contributed by atoms with Crippen molar-refractivity contribution >= 4 is 44.2 Å². The number of hydrogen-bond donors (Lipinski definition) is 0. The number of aromatic nitrogens is 1. The maximum Gasteiger partial charge on any atom is 0.416 e. The van der Waals surface area contributed by atoms with E-state index in [9.17, 15) is 18.0 Å². The lowest BCUT2D eigenvalue weighted by Crippen LogP contribution is -2.48. The monoisotopic (exact) mass is 425 g/mol. The van der Waals surface area contributed by atoms with E-state index in [0.717, 1.165) is 27.5 Å². The van der Waals surface area contributed by atoms with Gasteiger partial charge in [-0.25, -0.2) is 4.98 Å². The fraction of sp³-hybridized carbons (Fsp3) is 0.263. The summed E-state index contributed by atoms with van der Waals surface area (Å²) in [6.45, 7) is 1.98. The molecule has 3 aromatic rings. The predicted molar refractivity (Wildman–Crippen MR) is 104 cm³/mol. The van der Waals surface area contributed by atoms with E-state index in [2.05, 4.69) is 9.88 Å². The van der Waals surface area contributed by atoms with Gasteiger partial charge in [-0.3, -0.25) is 4.79 Å². The quantitative estimate of drug-likeness (QED) is 0.584. The Kier molecular flexibility index (Phi) is 4.93. The molecule has 1 aliphatic rings. The number of alkyl halides is 3. The molecule has 0 N–H and O–H groups in total. The molecule has 0 unspecified atom stereocenters. The van der Waals surface area contributed by atoms with Crippen LogP contribution in [-0.4, -0.2) is 42.0 Å². The summed E-state index contributed by atoms with van der Waals surface area (Å²) in [5.74, 6) is -0.387. The minimum Gasteiger partial charge on any atom is -0.345 e. The maximum atomic E-state index is 12.9. The molecule has 146 valence electrons. The van der Waals surface area contributed by atoms with E-state index in [1.54, 1.807) is 11.0 Å². The number of thiazole rings is 1. The van der Waals surface area contributed by atoms with Crippen molar-refractivity contribution in [3.8, 4) is 0 Å². The van der Waals surface area contributed by atoms with Crippen LogP contribution in [0, 0.1) is 0 Å². The van der Waals surface area contributed by atoms with Gasteiger partial charge in [-0.2, -0.15) is 13.2 Å². The lowest BCUT2D eigenvalue weighted by molar-refractivity contribution is -0.137. The Morgan fingerprint density at radius 3 is 2.54 bits per heavy atom. The van der Waals surface area contributed by atoms with Crippen LogP contribution in [-0.2, 0) is 6.18 Å². The minimum absolute atomic E-state index is 0.0536. The van der Waals surface area contributed by atoms with Gasteiger partial charge in [0.15, 0.2) is 5.13 Å². The van der Waals surface area contributed by atoms with Crippen LogP contribution < -0.4 is 4.90 Å². The first-order chi connectivity index (χ1) is 13.3. The molecule has 1 amide bonds. The highest BCUT2D eigenvalue weighted by atomic mass is 35.5. The zero-order valence-electron chi connectivity index (χ0n) is 14.5. The number of halogens is 4. The molecule has 9 heteroatoms. The van der Waals surface area contributed by atoms with Gasteiger partial charge < -0.3 is 9.80 Å². The predicted octanol–water partition coefficient (Wildman–Crippen LogP) is 4.93. The molecule has 1 aromatic heterocycles. The van der Waals surface area contributed by atoms with Crippen molar-refractivity contribution in [1.82, 2.24) is 9.88 Å². The van der Waals surface area contributed by atoms with Crippen LogP contribution in [0.3, 0.4) is 0 Å². The molecule has 0 aliphatic carbocycles. The summed E-state index contributed by atoms with van der Waals surface area (Å²) in [7, 11) is 0. The van der Waals surface area contributed by atoms with Crippen molar-refractivity contribution in [3.63, 3.8) is 0 Å². The number of carbonyl (C=O) groups is 1. The highest BCUT2D eigenvalue weighted by Crippen LogP contribution is 2.32. The second kappa shape index (κ2) is 7.25. The highest BCUT2D eigenvalue weighted by molar-refractivity contribution is 7.22. The first-order valence-corrected chi connectivity index (χ1v) is 9.78. The first kappa shape index (κ1) is 19.0. The molecule has 4 nitrogen and oxygen atoms in total.